The maximum Gasteiger partial charge on any atom is 0.245 e. The molecule has 10 amide bonds. The highest BCUT2D eigenvalue weighted by Crippen LogP contribution is 2.22. The van der Waals surface area contributed by atoms with E-state index in [9.17, 15) is 58.2 Å². The maximum absolute atomic E-state index is 14.7. The van der Waals surface area contributed by atoms with E-state index in [1.165, 1.54) is 36.8 Å². The van der Waals surface area contributed by atoms with Gasteiger partial charge in [-0.3, -0.25) is 52.9 Å². The maximum atomic E-state index is 14.7. The molecule has 28 nitrogen and oxygen atoms in total. The number of H-pyrrole nitrogens is 2. The second kappa shape index (κ2) is 32.4. The van der Waals surface area contributed by atoms with Crippen molar-refractivity contribution in [3.05, 3.63) is 84.1 Å². The number of benzene rings is 2. The first-order valence-electron chi connectivity index (χ1n) is 31.4. The smallest absolute Gasteiger partial charge is 0.245 e. The summed E-state index contributed by atoms with van der Waals surface area (Å²) in [7, 11) is 0. The van der Waals surface area contributed by atoms with Gasteiger partial charge < -0.3 is 84.4 Å². The zero-order chi connectivity index (χ0) is 67.6. The van der Waals surface area contributed by atoms with Crippen molar-refractivity contribution in [1.82, 2.24) is 67.7 Å². The molecule has 0 bridgehead atoms. The molecule has 0 unspecified atom stereocenters. The van der Waals surface area contributed by atoms with Crippen molar-refractivity contribution in [2.45, 2.75) is 160 Å². The number of carbonyl (C=O) groups is 10. The lowest BCUT2D eigenvalue weighted by atomic mass is 9.98. The number of hydrogen-bond donors (Lipinski definition) is 15. The van der Waals surface area contributed by atoms with E-state index in [-0.39, 0.29) is 113 Å². The van der Waals surface area contributed by atoms with Gasteiger partial charge in [0.1, 0.15) is 60.1 Å². The molecule has 17 N–H and O–H groups in total. The van der Waals surface area contributed by atoms with E-state index in [0.717, 1.165) is 4.90 Å². The van der Waals surface area contributed by atoms with Gasteiger partial charge in [-0.15, -0.1) is 0 Å². The standard InChI is InChI=1S/C59H84N16O12/c1-6-63-57(86)48-14-10-22-75(48)58(87)41(13-9-21-64-59(60)61)68-51(80)42(23-32(2)3)69-52(81)43(24-33(4)5)70-53(82)44(25-34-15-17-37(77)18-16-34)71-56(85)47(30-76)74-54(83)45(26-35-28-65-39-12-8-7-11-38(35)39)72-55(84)46(27-36-29-62-31-66-36)73-50(79)40-19-20-49(78)67-40/h7-8,11-12,15-18,28-29,31-33,40-48,65,76-77H,6,9-10,13-14,19-27,30H2,1-5H3,(H,62,66)(H,63,86)(H,67,78)(H,68,80)(H,69,81)(H,70,82)(H,71,85)(H,72,84)(H,73,79)(H,74,83)(H4,60,61,64)/t40-,41-,42-,43+,44-,45-,46-,47-,48-/m0/s1/i1D3,6D2. The number of guanidine groups is 1. The first kappa shape index (κ1) is 59.6. The molecule has 4 aromatic rings. The fraction of sp³-hybridized carbons (Fsp3) is 0.525. The first-order chi connectivity index (χ1) is 43.4. The Balaban J connectivity index is 1.23. The number of imidazole rings is 1. The Hall–Kier alpha value is -9.08. The van der Waals surface area contributed by atoms with Gasteiger partial charge in [0.05, 0.1) is 12.9 Å². The number of phenols is 1. The highest BCUT2D eigenvalue weighted by molar-refractivity contribution is 5.99. The molecule has 28 heteroatoms. The SMILES string of the molecule is [2H]C([2H])([2H])C([2H])([2H])NC(=O)[C@@H]1CCCN1C(=O)[C@H](CCCN=C(N)N)NC(=O)[C@H](CC(C)C)NC(=O)[C@@H](CC(C)C)NC(=O)[C@H](Cc1ccc(O)cc1)NC(=O)[C@H](CO)NC(=O)[C@H](Cc1c[nH]c2ccccc12)NC(=O)[C@H](Cc1cnc[nH]1)NC(=O)[C@@H]1CCC(=O)N1. The summed E-state index contributed by atoms with van der Waals surface area (Å²) in [5.41, 5.74) is 13.2. The lowest BCUT2D eigenvalue weighted by Crippen LogP contribution is -2.61. The number of nitrogens with zero attached hydrogens (tertiary/aromatic N) is 3. The summed E-state index contributed by atoms with van der Waals surface area (Å²) < 4.78 is 38.6. The number of likely N-dealkylation sites (N-methyl/N-ethyl adjacent to an activating group) is 1. The van der Waals surface area contributed by atoms with Crippen LogP contribution in [-0.2, 0) is 67.2 Å². The molecule has 2 saturated heterocycles. The molecule has 0 aliphatic carbocycles. The van der Waals surface area contributed by atoms with Crippen LogP contribution in [0.5, 0.6) is 5.75 Å². The van der Waals surface area contributed by atoms with E-state index in [2.05, 4.69) is 62.5 Å². The fourth-order valence-corrected chi connectivity index (χ4v) is 10.4. The molecule has 2 aromatic carbocycles. The van der Waals surface area contributed by atoms with E-state index in [1.807, 2.05) is 5.32 Å². The minimum absolute atomic E-state index is 0.00244. The summed E-state index contributed by atoms with van der Waals surface area (Å²) in [6.45, 7) is -0.344. The largest absolute Gasteiger partial charge is 0.508 e. The number of aliphatic imine (C=N–C) groups is 1. The Bertz CT molecular complexity index is 3270. The second-order valence-corrected chi connectivity index (χ2v) is 22.5. The van der Waals surface area contributed by atoms with E-state index >= 15 is 0 Å². The van der Waals surface area contributed by atoms with E-state index in [0.29, 0.717) is 27.7 Å². The van der Waals surface area contributed by atoms with Crippen LogP contribution in [0.15, 0.2) is 72.2 Å². The topological polar surface area (TPSA) is 432 Å². The Morgan fingerprint density at radius 2 is 1.32 bits per heavy atom. The van der Waals surface area contributed by atoms with Crippen LogP contribution in [-0.4, -0.2) is 176 Å². The van der Waals surface area contributed by atoms with Gasteiger partial charge >= 0.3 is 0 Å². The number of rotatable bonds is 32. The van der Waals surface area contributed by atoms with Gasteiger partial charge in [-0.2, -0.15) is 0 Å². The number of phenolic OH excluding ortho intramolecular Hbond substituents is 1. The number of aromatic amines is 2. The number of aliphatic hydroxyl groups excluding tert-OH is 1. The van der Waals surface area contributed by atoms with Gasteiger partial charge in [-0.1, -0.05) is 58.0 Å². The highest BCUT2D eigenvalue weighted by Gasteiger charge is 2.40. The van der Waals surface area contributed by atoms with Crippen molar-refractivity contribution in [2.75, 3.05) is 26.2 Å². The minimum Gasteiger partial charge on any atom is -0.508 e. The monoisotopic (exact) mass is 1210 g/mol. The number of likely N-dealkylation sites (tertiary alicyclic amines) is 1. The molecule has 0 spiro atoms. The molecule has 2 aliphatic heterocycles. The van der Waals surface area contributed by atoms with Gasteiger partial charge in [0, 0.05) is 81.1 Å². The van der Waals surface area contributed by atoms with E-state index in [1.54, 1.807) is 58.2 Å². The molecular formula is C59H84N16O12. The third kappa shape index (κ3) is 20.0. The van der Waals surface area contributed by atoms with Crippen molar-refractivity contribution in [1.29, 1.82) is 0 Å². The number of amides is 10. The summed E-state index contributed by atoms with van der Waals surface area (Å²) >= 11 is 0. The molecule has 0 radical (unpaired) electrons. The molecule has 4 heterocycles. The number of aliphatic hydroxyl groups is 1. The average Bonchev–Trinajstić information content (AvgIpc) is 1.55. The Labute approximate surface area is 511 Å². The number of para-hydroxylation sites is 1. The summed E-state index contributed by atoms with van der Waals surface area (Å²) in [5, 5.41) is 44.7. The van der Waals surface area contributed by atoms with Crippen LogP contribution in [0, 0.1) is 11.8 Å². The number of aromatic nitrogens is 3. The molecule has 2 fully saturated rings. The van der Waals surface area contributed by atoms with Crippen molar-refractivity contribution >= 4 is 75.9 Å². The molecule has 6 rings (SSSR count). The van der Waals surface area contributed by atoms with Crippen LogP contribution >= 0.6 is 0 Å². The Morgan fingerprint density at radius 3 is 1.91 bits per heavy atom. The molecule has 472 valence electrons. The first-order valence-corrected chi connectivity index (χ1v) is 28.9. The predicted molar refractivity (Wildman–Crippen MR) is 320 cm³/mol. The molecule has 2 aliphatic rings. The van der Waals surface area contributed by atoms with Gasteiger partial charge in [-0.05, 0) is 93.0 Å². The predicted octanol–water partition coefficient (Wildman–Crippen LogP) is -1.44. The quantitative estimate of drug-likeness (QED) is 0.0151. The normalized spacial score (nSPS) is 18.3. The fourth-order valence-electron chi connectivity index (χ4n) is 10.4. The van der Waals surface area contributed by atoms with Crippen LogP contribution in [0.2, 0.25) is 0 Å². The molecule has 0 saturated carbocycles. The summed E-state index contributed by atoms with van der Waals surface area (Å²) in [6, 6.07) is 0.220. The molecule has 2 aromatic heterocycles. The van der Waals surface area contributed by atoms with Gasteiger partial charge in [0.15, 0.2) is 5.96 Å². The molecule has 9 atom stereocenters. The van der Waals surface area contributed by atoms with Gasteiger partial charge in [0.2, 0.25) is 59.1 Å². The Morgan fingerprint density at radius 1 is 0.736 bits per heavy atom. The Kier molecular flexibility index (Phi) is 22.2. The number of hydrogen-bond acceptors (Lipinski definition) is 14. The number of carbonyl (C=O) groups excluding carboxylic acids is 10. The zero-order valence-corrected chi connectivity index (χ0v) is 49.1. The van der Waals surface area contributed by atoms with Crippen LogP contribution in [0.1, 0.15) is 110 Å². The minimum atomic E-state index is -3.24. The third-order valence-electron chi connectivity index (χ3n) is 14.7. The number of fused-ring (bicyclic) bond motifs is 1. The second-order valence-electron chi connectivity index (χ2n) is 22.5. The van der Waals surface area contributed by atoms with Crippen LogP contribution in [0.25, 0.3) is 10.9 Å². The van der Waals surface area contributed by atoms with Gasteiger partial charge in [-0.25, -0.2) is 4.98 Å². The molecule has 87 heavy (non-hydrogen) atoms. The summed E-state index contributed by atoms with van der Waals surface area (Å²) in [6.07, 6.45) is 4.47. The lowest BCUT2D eigenvalue weighted by molar-refractivity contribution is -0.142. The van der Waals surface area contributed by atoms with Crippen molar-refractivity contribution in [2.24, 2.45) is 28.3 Å². The molecular weight excluding hydrogens is 1120 g/mol. The number of nitrogens with one attached hydrogen (secondary N) is 11. The van der Waals surface area contributed by atoms with Crippen molar-refractivity contribution in [3.8, 4) is 5.75 Å². The van der Waals surface area contributed by atoms with Crippen LogP contribution in [0.3, 0.4) is 0 Å². The highest BCUT2D eigenvalue weighted by atomic mass is 16.3. The zero-order valence-electron chi connectivity index (χ0n) is 54.1. The van der Waals surface area contributed by atoms with Crippen molar-refractivity contribution < 1.29 is 65.0 Å². The summed E-state index contributed by atoms with van der Waals surface area (Å²) in [4.78, 5) is 156. The van der Waals surface area contributed by atoms with Crippen LogP contribution < -0.4 is 59.3 Å². The van der Waals surface area contributed by atoms with E-state index in [4.69, 9.17) is 18.3 Å². The van der Waals surface area contributed by atoms with Gasteiger partial charge in [0.25, 0.3) is 0 Å². The van der Waals surface area contributed by atoms with Crippen molar-refractivity contribution in [3.63, 3.8) is 0 Å². The van der Waals surface area contributed by atoms with Crippen LogP contribution in [0.4, 0.5) is 0 Å². The lowest BCUT2D eigenvalue weighted by Gasteiger charge is -2.31. The number of aromatic hydroxyl groups is 1. The number of nitrogens with two attached hydrogens (primary N) is 2. The third-order valence-corrected chi connectivity index (χ3v) is 14.7. The van der Waals surface area contributed by atoms with E-state index < -0.39 is 127 Å². The summed E-state index contributed by atoms with van der Waals surface area (Å²) in [5.74, 6) is -9.24. The average molecular weight is 1210 g/mol.